The van der Waals surface area contributed by atoms with Crippen molar-refractivity contribution >= 4 is 5.78 Å². The smallest absolute Gasteiger partial charge is 0.157 e. The summed E-state index contributed by atoms with van der Waals surface area (Å²) in [6.07, 6.45) is 7.87. The van der Waals surface area contributed by atoms with Crippen LogP contribution in [-0.4, -0.2) is 5.78 Å². The Balaban J connectivity index is 2.40. The first kappa shape index (κ1) is 14.6. The van der Waals surface area contributed by atoms with Crippen molar-refractivity contribution in [2.75, 3.05) is 0 Å². The first-order valence-electron chi connectivity index (χ1n) is 7.63. The molecule has 3 atom stereocenters. The number of allylic oxidation sites excluding steroid dienone is 4. The van der Waals surface area contributed by atoms with Crippen molar-refractivity contribution < 1.29 is 4.79 Å². The van der Waals surface area contributed by atoms with Crippen LogP contribution in [0.2, 0.25) is 0 Å². The summed E-state index contributed by atoms with van der Waals surface area (Å²) in [5.74, 6) is 1.51. The molecule has 0 aromatic rings. The lowest BCUT2D eigenvalue weighted by atomic mass is 9.45. The number of rotatable bonds is 3. The van der Waals surface area contributed by atoms with Crippen LogP contribution in [0.25, 0.3) is 0 Å². The monoisotopic (exact) mass is 260 g/mol. The van der Waals surface area contributed by atoms with Gasteiger partial charge < -0.3 is 0 Å². The van der Waals surface area contributed by atoms with Crippen molar-refractivity contribution in [2.45, 2.75) is 60.8 Å². The molecule has 0 aromatic carbocycles. The Labute approximate surface area is 118 Å². The van der Waals surface area contributed by atoms with Crippen LogP contribution in [0.15, 0.2) is 23.3 Å². The number of Topliss-reactive ketones (excluding diaryl/α,β-unsaturated/α-hetero) is 1. The molecular weight excluding hydrogens is 232 g/mol. The molecule has 3 rings (SSSR count). The molecule has 1 heteroatoms. The van der Waals surface area contributed by atoms with Crippen molar-refractivity contribution in [3.8, 4) is 0 Å². The van der Waals surface area contributed by atoms with Crippen LogP contribution in [0.5, 0.6) is 0 Å². The maximum Gasteiger partial charge on any atom is 0.157 e. The number of ketones is 1. The molecular formula is C18H28O. The van der Waals surface area contributed by atoms with Gasteiger partial charge in [0.05, 0.1) is 0 Å². The van der Waals surface area contributed by atoms with Crippen LogP contribution in [0.3, 0.4) is 0 Å². The molecule has 3 aliphatic carbocycles. The third-order valence-corrected chi connectivity index (χ3v) is 5.99. The maximum absolute atomic E-state index is 11.9. The summed E-state index contributed by atoms with van der Waals surface area (Å²) >= 11 is 0. The zero-order chi connectivity index (χ0) is 14.4. The van der Waals surface area contributed by atoms with Crippen molar-refractivity contribution in [1.82, 2.24) is 0 Å². The molecule has 0 radical (unpaired) electrons. The number of fused-ring (bicyclic) bond motifs is 2. The van der Waals surface area contributed by atoms with E-state index >= 15 is 0 Å². The number of hydrogen-bond acceptors (Lipinski definition) is 1. The highest BCUT2D eigenvalue weighted by molar-refractivity contribution is 5.94. The van der Waals surface area contributed by atoms with Crippen LogP contribution in [-0.2, 0) is 4.79 Å². The Hall–Kier alpha value is -0.850. The van der Waals surface area contributed by atoms with Gasteiger partial charge in [-0.2, -0.15) is 0 Å². The van der Waals surface area contributed by atoms with E-state index in [9.17, 15) is 4.79 Å². The minimum atomic E-state index is 0.205. The van der Waals surface area contributed by atoms with Crippen LogP contribution in [0.4, 0.5) is 0 Å². The fourth-order valence-electron chi connectivity index (χ4n) is 4.40. The van der Waals surface area contributed by atoms with E-state index in [1.54, 1.807) is 0 Å². The normalized spacial score (nSPS) is 37.2. The first-order chi connectivity index (χ1) is 8.72. The molecule has 2 bridgehead atoms. The van der Waals surface area contributed by atoms with Crippen LogP contribution in [0.1, 0.15) is 60.8 Å². The molecule has 3 aliphatic rings. The summed E-state index contributed by atoms with van der Waals surface area (Å²) in [7, 11) is 0. The van der Waals surface area contributed by atoms with Gasteiger partial charge in [0.1, 0.15) is 0 Å². The lowest BCUT2D eigenvalue weighted by molar-refractivity contribution is -0.115. The highest BCUT2D eigenvalue weighted by Gasteiger charge is 2.54. The zero-order valence-electron chi connectivity index (χ0n) is 13.3. The van der Waals surface area contributed by atoms with Crippen LogP contribution in [0, 0.1) is 22.7 Å². The predicted octanol–water partition coefficient (Wildman–Crippen LogP) is 4.93. The van der Waals surface area contributed by atoms with E-state index in [0.29, 0.717) is 29.5 Å². The molecule has 0 aliphatic heterocycles. The lowest BCUT2D eigenvalue weighted by Crippen LogP contribution is -2.50. The number of carbonyl (C=O) groups is 1. The third kappa shape index (κ3) is 2.11. The molecule has 3 unspecified atom stereocenters. The Bertz CT molecular complexity index is 452. The minimum Gasteiger partial charge on any atom is -0.295 e. The number of hydrogen-bond donors (Lipinski definition) is 0. The summed E-state index contributed by atoms with van der Waals surface area (Å²) < 4.78 is 0. The molecule has 0 N–H and O–H groups in total. The van der Waals surface area contributed by atoms with E-state index in [-0.39, 0.29) is 5.41 Å². The Morgan fingerprint density at radius 1 is 1.42 bits per heavy atom. The maximum atomic E-state index is 11.9. The second-order valence-electron chi connectivity index (χ2n) is 7.37. The molecule has 1 fully saturated rings. The highest BCUT2D eigenvalue weighted by atomic mass is 16.1. The molecule has 106 valence electrons. The Morgan fingerprint density at radius 3 is 2.58 bits per heavy atom. The van der Waals surface area contributed by atoms with Crippen LogP contribution >= 0.6 is 0 Å². The van der Waals surface area contributed by atoms with Gasteiger partial charge in [-0.05, 0) is 54.9 Å². The summed E-state index contributed by atoms with van der Waals surface area (Å²) in [5.41, 5.74) is 3.02. The topological polar surface area (TPSA) is 17.1 Å². The zero-order valence-corrected chi connectivity index (χ0v) is 13.3. The average molecular weight is 260 g/mol. The molecule has 1 saturated carbocycles. The van der Waals surface area contributed by atoms with Gasteiger partial charge in [-0.25, -0.2) is 0 Å². The minimum absolute atomic E-state index is 0.205. The largest absolute Gasteiger partial charge is 0.295 e. The highest BCUT2D eigenvalue weighted by Crippen LogP contribution is 2.63. The first-order valence-corrected chi connectivity index (χ1v) is 7.63. The van der Waals surface area contributed by atoms with Gasteiger partial charge in [0, 0.05) is 6.42 Å². The quantitative estimate of drug-likeness (QED) is 0.519. The molecule has 19 heavy (non-hydrogen) atoms. The van der Waals surface area contributed by atoms with E-state index in [0.717, 1.165) is 5.57 Å². The summed E-state index contributed by atoms with van der Waals surface area (Å²) in [6.45, 7) is 13.4. The lowest BCUT2D eigenvalue weighted by Gasteiger charge is -2.59. The second-order valence-corrected chi connectivity index (χ2v) is 7.37. The molecule has 0 amide bonds. The van der Waals surface area contributed by atoms with E-state index in [4.69, 9.17) is 0 Å². The molecule has 0 spiro atoms. The standard InChI is InChI=1S/C18H28O/c1-7-16(19)12(2)8-15-10-14-9-13(3)18(15,6)17(4,5)11-14/h8-9,14-15H,7,10-11H2,1-6H3. The van der Waals surface area contributed by atoms with Crippen molar-refractivity contribution in [2.24, 2.45) is 22.7 Å². The van der Waals surface area contributed by atoms with Crippen molar-refractivity contribution in [1.29, 1.82) is 0 Å². The van der Waals surface area contributed by atoms with Gasteiger partial charge in [0.25, 0.3) is 0 Å². The SMILES string of the molecule is CCC(=O)C(C)=CC1CC2C=C(C)C1(C)C(C)(C)C2. The van der Waals surface area contributed by atoms with Gasteiger partial charge in [-0.3, -0.25) is 4.79 Å². The Morgan fingerprint density at radius 2 is 2.05 bits per heavy atom. The average Bonchev–Trinajstić information content (AvgIpc) is 2.31. The molecule has 1 nitrogen and oxygen atoms in total. The fraction of sp³-hybridized carbons (Fsp3) is 0.722. The Kier molecular flexibility index (Phi) is 3.53. The fourth-order valence-corrected chi connectivity index (χ4v) is 4.40. The molecule has 0 aromatic heterocycles. The summed E-state index contributed by atoms with van der Waals surface area (Å²) in [6, 6.07) is 0. The van der Waals surface area contributed by atoms with Crippen molar-refractivity contribution in [3.63, 3.8) is 0 Å². The van der Waals surface area contributed by atoms with Gasteiger partial charge >= 0.3 is 0 Å². The van der Waals surface area contributed by atoms with E-state index in [2.05, 4.69) is 39.8 Å². The van der Waals surface area contributed by atoms with Gasteiger partial charge in [0.15, 0.2) is 5.78 Å². The van der Waals surface area contributed by atoms with E-state index < -0.39 is 0 Å². The predicted molar refractivity (Wildman–Crippen MR) is 80.9 cm³/mol. The third-order valence-electron chi connectivity index (χ3n) is 5.99. The van der Waals surface area contributed by atoms with E-state index in [1.165, 1.54) is 18.4 Å². The molecule has 0 saturated heterocycles. The number of carbonyl (C=O) groups excluding carboxylic acids is 1. The van der Waals surface area contributed by atoms with Crippen molar-refractivity contribution in [3.05, 3.63) is 23.3 Å². The van der Waals surface area contributed by atoms with Crippen LogP contribution < -0.4 is 0 Å². The van der Waals surface area contributed by atoms with Gasteiger partial charge in [0.2, 0.25) is 0 Å². The molecule has 0 heterocycles. The van der Waals surface area contributed by atoms with Gasteiger partial charge in [-0.15, -0.1) is 0 Å². The summed E-state index contributed by atoms with van der Waals surface area (Å²) in [5, 5.41) is 0. The van der Waals surface area contributed by atoms with Gasteiger partial charge in [-0.1, -0.05) is 45.4 Å². The van der Waals surface area contributed by atoms with E-state index in [1.807, 2.05) is 13.8 Å². The second kappa shape index (κ2) is 4.61. The summed E-state index contributed by atoms with van der Waals surface area (Å²) in [4.78, 5) is 11.9.